The monoisotopic (exact) mass is 117 g/mol. The molecule has 0 saturated heterocycles. The lowest BCUT2D eigenvalue weighted by atomic mass is 10.7. The van der Waals surface area contributed by atoms with E-state index in [4.69, 9.17) is 5.11 Å². The Labute approximate surface area is 46.6 Å². The van der Waals surface area contributed by atoms with Crippen LogP contribution in [0.25, 0.3) is 0 Å². The lowest BCUT2D eigenvalue weighted by molar-refractivity contribution is 0.213. The minimum absolute atomic E-state index is 0.426. The summed E-state index contributed by atoms with van der Waals surface area (Å²) in [6.45, 7) is 1.90. The highest BCUT2D eigenvalue weighted by Gasteiger charge is 2.09. The van der Waals surface area contributed by atoms with Crippen LogP contribution in [-0.2, 0) is 0 Å². The Morgan fingerprint density at radius 3 is 2.86 bits per heavy atom. The van der Waals surface area contributed by atoms with Gasteiger partial charge in [0, 0.05) is 5.75 Å². The molecule has 0 aromatic carbocycles. The Morgan fingerprint density at radius 1 is 2.00 bits per heavy atom. The average molecular weight is 117 g/mol. The fourth-order valence-corrected chi connectivity index (χ4v) is 1.14. The number of hydrogen-bond donors (Lipinski definition) is 1. The van der Waals surface area contributed by atoms with Crippen molar-refractivity contribution in [1.29, 1.82) is 0 Å². The van der Waals surface area contributed by atoms with Gasteiger partial charge in [-0.1, -0.05) is 0 Å². The summed E-state index contributed by atoms with van der Waals surface area (Å²) in [6, 6.07) is 0. The van der Waals surface area contributed by atoms with Crippen molar-refractivity contribution in [2.45, 2.75) is 13.2 Å². The van der Waals surface area contributed by atoms with E-state index in [2.05, 4.69) is 4.99 Å². The molecule has 0 aromatic rings. The van der Waals surface area contributed by atoms with Crippen LogP contribution in [0.4, 0.5) is 0 Å². The summed E-state index contributed by atoms with van der Waals surface area (Å²) in [6.07, 6.45) is -0.426. The number of aliphatic hydroxyl groups excluding tert-OH is 1. The van der Waals surface area contributed by atoms with E-state index in [1.54, 1.807) is 11.8 Å². The molecule has 0 aliphatic carbocycles. The van der Waals surface area contributed by atoms with Gasteiger partial charge in [0.15, 0.2) is 6.23 Å². The van der Waals surface area contributed by atoms with Crippen LogP contribution >= 0.6 is 11.8 Å². The smallest absolute Gasteiger partial charge is 0.155 e. The average Bonchev–Trinajstić information content (AvgIpc) is 1.87. The van der Waals surface area contributed by atoms with Crippen molar-refractivity contribution in [3.63, 3.8) is 0 Å². The summed E-state index contributed by atoms with van der Waals surface area (Å²) in [4.78, 5) is 3.82. The quantitative estimate of drug-likeness (QED) is 0.500. The molecule has 2 nitrogen and oxygen atoms in total. The Hall–Kier alpha value is -0.0200. The summed E-state index contributed by atoms with van der Waals surface area (Å²) < 4.78 is 0. The maximum atomic E-state index is 8.69. The highest BCUT2D eigenvalue weighted by molar-refractivity contribution is 8.14. The molecule has 1 atom stereocenters. The normalized spacial score (nSPS) is 30.6. The topological polar surface area (TPSA) is 32.6 Å². The van der Waals surface area contributed by atoms with E-state index in [1.807, 2.05) is 6.92 Å². The molecule has 1 N–H and O–H groups in total. The van der Waals surface area contributed by atoms with Gasteiger partial charge in [0.1, 0.15) is 0 Å². The van der Waals surface area contributed by atoms with Gasteiger partial charge < -0.3 is 5.11 Å². The molecular formula is C4H7NOS. The molecule has 1 aliphatic rings. The zero-order chi connectivity index (χ0) is 5.28. The molecule has 1 heterocycles. The molecule has 0 aromatic heterocycles. The first kappa shape index (κ1) is 5.12. The first-order valence-corrected chi connectivity index (χ1v) is 3.13. The van der Waals surface area contributed by atoms with Crippen LogP contribution in [0.15, 0.2) is 4.99 Å². The number of aliphatic imine (C=N–C) groups is 1. The zero-order valence-corrected chi connectivity index (χ0v) is 4.90. The summed E-state index contributed by atoms with van der Waals surface area (Å²) in [5, 5.41) is 9.68. The SMILES string of the molecule is CC1=NC(O)CS1. The van der Waals surface area contributed by atoms with Crippen molar-refractivity contribution in [1.82, 2.24) is 0 Å². The van der Waals surface area contributed by atoms with Crippen LogP contribution in [0.1, 0.15) is 6.92 Å². The number of hydrogen-bond acceptors (Lipinski definition) is 3. The van der Waals surface area contributed by atoms with E-state index in [0.717, 1.165) is 10.8 Å². The second-order valence-corrected chi connectivity index (χ2v) is 2.65. The molecule has 0 saturated carbocycles. The summed E-state index contributed by atoms with van der Waals surface area (Å²) >= 11 is 1.61. The van der Waals surface area contributed by atoms with E-state index in [-0.39, 0.29) is 0 Å². The van der Waals surface area contributed by atoms with Crippen LogP contribution in [0.2, 0.25) is 0 Å². The first-order valence-electron chi connectivity index (χ1n) is 2.14. The number of aliphatic hydroxyl groups is 1. The van der Waals surface area contributed by atoms with Crippen molar-refractivity contribution in [3.05, 3.63) is 0 Å². The fraction of sp³-hybridized carbons (Fsp3) is 0.750. The fourth-order valence-electron chi connectivity index (χ4n) is 0.480. The molecule has 1 rings (SSSR count). The van der Waals surface area contributed by atoms with E-state index in [0.29, 0.717) is 0 Å². The predicted octanol–water partition coefficient (Wildman–Crippen LogP) is 0.470. The molecule has 0 amide bonds. The van der Waals surface area contributed by atoms with Gasteiger partial charge in [-0.2, -0.15) is 0 Å². The van der Waals surface area contributed by atoms with E-state index in [1.165, 1.54) is 0 Å². The Kier molecular flexibility index (Phi) is 1.35. The molecule has 0 spiro atoms. The van der Waals surface area contributed by atoms with Crippen LogP contribution in [-0.4, -0.2) is 22.1 Å². The molecule has 0 fully saturated rings. The molecule has 1 aliphatic heterocycles. The number of nitrogens with zero attached hydrogens (tertiary/aromatic N) is 1. The molecular weight excluding hydrogens is 110 g/mol. The Bertz CT molecular complexity index is 102. The van der Waals surface area contributed by atoms with Crippen LogP contribution in [0.5, 0.6) is 0 Å². The molecule has 1 unspecified atom stereocenters. The third kappa shape index (κ3) is 1.17. The molecule has 3 heteroatoms. The van der Waals surface area contributed by atoms with Gasteiger partial charge in [-0.15, -0.1) is 11.8 Å². The molecule has 40 valence electrons. The van der Waals surface area contributed by atoms with Gasteiger partial charge in [-0.05, 0) is 6.92 Å². The minimum Gasteiger partial charge on any atom is -0.371 e. The van der Waals surface area contributed by atoms with Gasteiger partial charge in [0.2, 0.25) is 0 Å². The summed E-state index contributed by atoms with van der Waals surface area (Å²) in [5.41, 5.74) is 0. The number of rotatable bonds is 0. The van der Waals surface area contributed by atoms with Crippen LogP contribution < -0.4 is 0 Å². The largest absolute Gasteiger partial charge is 0.371 e. The second-order valence-electron chi connectivity index (χ2n) is 1.44. The molecule has 0 bridgehead atoms. The highest BCUT2D eigenvalue weighted by atomic mass is 32.2. The van der Waals surface area contributed by atoms with Crippen molar-refractivity contribution >= 4 is 16.8 Å². The summed E-state index contributed by atoms with van der Waals surface area (Å²) in [5.74, 6) is 0.742. The van der Waals surface area contributed by atoms with Crippen molar-refractivity contribution in [2.75, 3.05) is 5.75 Å². The molecule has 7 heavy (non-hydrogen) atoms. The third-order valence-corrected chi connectivity index (χ3v) is 1.76. The standard InChI is InChI=1S/C4H7NOS/c1-3-5-4(6)2-7-3/h4,6H,2H2,1H3. The van der Waals surface area contributed by atoms with Crippen molar-refractivity contribution < 1.29 is 5.11 Å². The Morgan fingerprint density at radius 2 is 2.71 bits per heavy atom. The Balaban J connectivity index is 2.50. The van der Waals surface area contributed by atoms with E-state index >= 15 is 0 Å². The van der Waals surface area contributed by atoms with Gasteiger partial charge in [0.05, 0.1) is 5.04 Å². The lowest BCUT2D eigenvalue weighted by Crippen LogP contribution is -1.98. The zero-order valence-electron chi connectivity index (χ0n) is 4.09. The highest BCUT2D eigenvalue weighted by Crippen LogP contribution is 2.14. The number of thioether (sulfide) groups is 1. The van der Waals surface area contributed by atoms with Crippen LogP contribution in [0, 0.1) is 0 Å². The van der Waals surface area contributed by atoms with Gasteiger partial charge in [0.25, 0.3) is 0 Å². The maximum Gasteiger partial charge on any atom is 0.155 e. The van der Waals surface area contributed by atoms with E-state index in [9.17, 15) is 0 Å². The van der Waals surface area contributed by atoms with Crippen molar-refractivity contribution in [3.8, 4) is 0 Å². The minimum atomic E-state index is -0.426. The maximum absolute atomic E-state index is 8.69. The first-order chi connectivity index (χ1) is 3.29. The van der Waals surface area contributed by atoms with E-state index < -0.39 is 6.23 Å². The summed E-state index contributed by atoms with van der Waals surface area (Å²) in [7, 11) is 0. The van der Waals surface area contributed by atoms with Gasteiger partial charge in [-0.3, -0.25) is 4.99 Å². The van der Waals surface area contributed by atoms with Gasteiger partial charge in [-0.25, -0.2) is 0 Å². The predicted molar refractivity (Wildman–Crippen MR) is 31.6 cm³/mol. The van der Waals surface area contributed by atoms with Crippen LogP contribution in [0.3, 0.4) is 0 Å². The second kappa shape index (κ2) is 1.84. The van der Waals surface area contributed by atoms with Gasteiger partial charge >= 0.3 is 0 Å². The lowest BCUT2D eigenvalue weighted by Gasteiger charge is -1.87. The molecule has 0 radical (unpaired) electrons. The third-order valence-electron chi connectivity index (χ3n) is 0.772. The van der Waals surface area contributed by atoms with Crippen molar-refractivity contribution in [2.24, 2.45) is 4.99 Å².